The van der Waals surface area contributed by atoms with Crippen LogP contribution in [0.1, 0.15) is 61.3 Å². The summed E-state index contributed by atoms with van der Waals surface area (Å²) in [7, 11) is 0. The predicted octanol–water partition coefficient (Wildman–Crippen LogP) is 6.93. The molecule has 34 heavy (non-hydrogen) atoms. The van der Waals surface area contributed by atoms with E-state index in [1.165, 1.54) is 11.6 Å². The van der Waals surface area contributed by atoms with Crippen molar-refractivity contribution in [2.24, 2.45) is 5.92 Å². The van der Waals surface area contributed by atoms with Crippen LogP contribution < -0.4 is 9.47 Å². The van der Waals surface area contributed by atoms with Gasteiger partial charge < -0.3 is 14.6 Å². The Hall–Kier alpha value is -3.34. The van der Waals surface area contributed by atoms with Crippen LogP contribution in [0.3, 0.4) is 0 Å². The van der Waals surface area contributed by atoms with E-state index in [1.54, 1.807) is 12.1 Å². The molecule has 0 radical (unpaired) electrons. The first kappa shape index (κ1) is 22.5. The van der Waals surface area contributed by atoms with Gasteiger partial charge in [-0.1, -0.05) is 42.5 Å². The molecule has 0 spiro atoms. The third-order valence-corrected chi connectivity index (χ3v) is 6.90. The largest absolute Gasteiger partial charge is 0.491 e. The van der Waals surface area contributed by atoms with Gasteiger partial charge in [0.25, 0.3) is 0 Å². The molecule has 3 aromatic carbocycles. The van der Waals surface area contributed by atoms with Crippen molar-refractivity contribution in [2.45, 2.75) is 51.0 Å². The lowest BCUT2D eigenvalue weighted by atomic mass is 9.88. The van der Waals surface area contributed by atoms with Crippen molar-refractivity contribution in [1.29, 1.82) is 0 Å². The number of ether oxygens (including phenoxy) is 2. The quantitative estimate of drug-likeness (QED) is 0.396. The van der Waals surface area contributed by atoms with Crippen LogP contribution >= 0.6 is 0 Å². The summed E-state index contributed by atoms with van der Waals surface area (Å²) in [4.78, 5) is 11.4. The van der Waals surface area contributed by atoms with E-state index in [9.17, 15) is 14.3 Å². The minimum Gasteiger partial charge on any atom is -0.491 e. The Labute approximate surface area is 199 Å². The smallest absolute Gasteiger partial charge is 0.303 e. The first-order valence-corrected chi connectivity index (χ1v) is 12.1. The molecule has 1 aliphatic heterocycles. The van der Waals surface area contributed by atoms with Gasteiger partial charge in [-0.3, -0.25) is 4.79 Å². The molecule has 5 heteroatoms. The maximum Gasteiger partial charge on any atom is 0.303 e. The number of halogens is 1. The molecule has 0 aromatic heterocycles. The van der Waals surface area contributed by atoms with Crippen LogP contribution in [0.4, 0.5) is 4.39 Å². The maximum atomic E-state index is 13.9. The second-order valence-corrected chi connectivity index (χ2v) is 9.25. The van der Waals surface area contributed by atoms with Crippen LogP contribution in [-0.4, -0.2) is 17.7 Å². The number of aryl methyl sites for hydroxylation is 1. The van der Waals surface area contributed by atoms with Crippen LogP contribution in [0.15, 0.2) is 60.7 Å². The number of fused-ring (bicyclic) bond motifs is 1. The third-order valence-electron chi connectivity index (χ3n) is 6.90. The number of carbonyl (C=O) groups is 1. The highest BCUT2D eigenvalue weighted by molar-refractivity contribution is 5.68. The standard InChI is InChI=1S/C29H29FO4/c1-2-33-28-15-22(11-13-25(28)30)18-3-7-20(8-4-18)26-14-12-21-9-10-23(16-27(21)34-26)24(17-29(31)32)19-5-6-19/h3-4,7-11,13,15-16,19,24,26H,2,5-6,12,14,17H2,1H3,(H,31,32). The van der Waals surface area contributed by atoms with Gasteiger partial charge in [0, 0.05) is 0 Å². The number of hydrogen-bond donors (Lipinski definition) is 1. The predicted molar refractivity (Wildman–Crippen MR) is 129 cm³/mol. The number of hydrogen-bond acceptors (Lipinski definition) is 3. The van der Waals surface area contributed by atoms with Crippen molar-refractivity contribution < 1.29 is 23.8 Å². The first-order chi connectivity index (χ1) is 16.5. The van der Waals surface area contributed by atoms with E-state index in [4.69, 9.17) is 9.47 Å². The Morgan fingerprint density at radius 3 is 2.53 bits per heavy atom. The summed E-state index contributed by atoms with van der Waals surface area (Å²) >= 11 is 0. The molecule has 0 bridgehead atoms. The highest BCUT2D eigenvalue weighted by Gasteiger charge is 2.34. The molecule has 4 nitrogen and oxygen atoms in total. The van der Waals surface area contributed by atoms with Crippen LogP contribution in [-0.2, 0) is 11.2 Å². The normalized spacial score (nSPS) is 18.0. The minimum absolute atomic E-state index is 0.0529. The minimum atomic E-state index is -0.747. The van der Waals surface area contributed by atoms with Crippen molar-refractivity contribution in [2.75, 3.05) is 6.61 Å². The topological polar surface area (TPSA) is 55.8 Å². The zero-order valence-electron chi connectivity index (χ0n) is 19.3. The highest BCUT2D eigenvalue weighted by atomic mass is 19.1. The van der Waals surface area contributed by atoms with E-state index in [-0.39, 0.29) is 30.0 Å². The summed E-state index contributed by atoms with van der Waals surface area (Å²) in [5, 5.41) is 9.35. The van der Waals surface area contributed by atoms with Crippen LogP contribution in [0.25, 0.3) is 11.1 Å². The van der Waals surface area contributed by atoms with Gasteiger partial charge in [-0.25, -0.2) is 4.39 Å². The van der Waals surface area contributed by atoms with E-state index in [0.717, 1.165) is 53.7 Å². The van der Waals surface area contributed by atoms with Crippen molar-refractivity contribution in [1.82, 2.24) is 0 Å². The van der Waals surface area contributed by atoms with Gasteiger partial charge in [0.15, 0.2) is 11.6 Å². The number of carboxylic acids is 1. The second kappa shape index (κ2) is 9.49. The molecule has 5 rings (SSSR count). The SMILES string of the molecule is CCOc1cc(-c2ccc(C3CCc4ccc(C(CC(=O)O)C5CC5)cc4O3)cc2)ccc1F. The van der Waals surface area contributed by atoms with Gasteiger partial charge in [0.05, 0.1) is 13.0 Å². The summed E-state index contributed by atoms with van der Waals surface area (Å²) in [6, 6.07) is 19.4. The molecule has 2 aliphatic rings. The zero-order valence-corrected chi connectivity index (χ0v) is 19.3. The lowest BCUT2D eigenvalue weighted by Gasteiger charge is -2.28. The van der Waals surface area contributed by atoms with E-state index in [2.05, 4.69) is 30.3 Å². The van der Waals surface area contributed by atoms with Gasteiger partial charge in [-0.05, 0) is 90.5 Å². The molecule has 2 atom stereocenters. The lowest BCUT2D eigenvalue weighted by Crippen LogP contribution is -2.16. The highest BCUT2D eigenvalue weighted by Crippen LogP contribution is 2.46. The van der Waals surface area contributed by atoms with Crippen molar-refractivity contribution in [3.05, 3.63) is 83.2 Å². The molecule has 1 heterocycles. The lowest BCUT2D eigenvalue weighted by molar-refractivity contribution is -0.137. The van der Waals surface area contributed by atoms with Gasteiger partial charge in [-0.15, -0.1) is 0 Å². The summed E-state index contributed by atoms with van der Waals surface area (Å²) in [6.45, 7) is 2.25. The number of carboxylic acid groups (broad SMARTS) is 1. The Kier molecular flexibility index (Phi) is 6.27. The summed E-state index contributed by atoms with van der Waals surface area (Å²) < 4.78 is 25.7. The molecule has 176 valence electrons. The average Bonchev–Trinajstić information content (AvgIpc) is 3.69. The summed E-state index contributed by atoms with van der Waals surface area (Å²) in [6.07, 6.45) is 4.13. The fraction of sp³-hybridized carbons (Fsp3) is 0.345. The third kappa shape index (κ3) is 4.79. The number of benzene rings is 3. The second-order valence-electron chi connectivity index (χ2n) is 9.25. The molecule has 1 saturated carbocycles. The summed E-state index contributed by atoms with van der Waals surface area (Å²) in [5.41, 5.74) is 5.23. The van der Waals surface area contributed by atoms with Crippen molar-refractivity contribution in [3.63, 3.8) is 0 Å². The van der Waals surface area contributed by atoms with Gasteiger partial charge in [-0.2, -0.15) is 0 Å². The molecule has 0 amide bonds. The van der Waals surface area contributed by atoms with Gasteiger partial charge in [0.2, 0.25) is 0 Å². The van der Waals surface area contributed by atoms with Crippen molar-refractivity contribution in [3.8, 4) is 22.6 Å². The number of aliphatic carboxylic acids is 1. The van der Waals surface area contributed by atoms with E-state index in [0.29, 0.717) is 12.5 Å². The van der Waals surface area contributed by atoms with E-state index < -0.39 is 5.97 Å². The van der Waals surface area contributed by atoms with E-state index in [1.807, 2.05) is 19.1 Å². The molecule has 3 aromatic rings. The average molecular weight is 461 g/mol. The Morgan fingerprint density at radius 2 is 1.82 bits per heavy atom. The Balaban J connectivity index is 1.34. The number of rotatable bonds is 8. The van der Waals surface area contributed by atoms with Gasteiger partial charge >= 0.3 is 5.97 Å². The van der Waals surface area contributed by atoms with Gasteiger partial charge in [0.1, 0.15) is 11.9 Å². The summed E-state index contributed by atoms with van der Waals surface area (Å²) in [5.74, 6) is 0.554. The Morgan fingerprint density at radius 1 is 1.06 bits per heavy atom. The van der Waals surface area contributed by atoms with Crippen LogP contribution in [0.2, 0.25) is 0 Å². The monoisotopic (exact) mass is 460 g/mol. The van der Waals surface area contributed by atoms with Crippen molar-refractivity contribution >= 4 is 5.97 Å². The van der Waals surface area contributed by atoms with Crippen LogP contribution in [0, 0.1) is 11.7 Å². The zero-order chi connectivity index (χ0) is 23.7. The van der Waals surface area contributed by atoms with Crippen LogP contribution in [0.5, 0.6) is 11.5 Å². The molecule has 1 fully saturated rings. The fourth-order valence-electron chi connectivity index (χ4n) is 4.93. The fourth-order valence-corrected chi connectivity index (χ4v) is 4.93. The molecule has 1 aliphatic carbocycles. The molecule has 1 N–H and O–H groups in total. The van der Waals surface area contributed by atoms with E-state index >= 15 is 0 Å². The first-order valence-electron chi connectivity index (χ1n) is 12.1. The maximum absolute atomic E-state index is 13.9. The molecule has 0 saturated heterocycles. The molecular weight excluding hydrogens is 431 g/mol. The molecule has 2 unspecified atom stereocenters. The molecular formula is C29H29FO4. The Bertz CT molecular complexity index is 1180.